The van der Waals surface area contributed by atoms with Crippen molar-refractivity contribution in [1.29, 1.82) is 0 Å². The van der Waals surface area contributed by atoms with E-state index in [4.69, 9.17) is 0 Å². The summed E-state index contributed by atoms with van der Waals surface area (Å²) in [4.78, 5) is 31.3. The van der Waals surface area contributed by atoms with E-state index in [1.54, 1.807) is 11.9 Å². The second-order valence-corrected chi connectivity index (χ2v) is 7.23. The number of nitrogens with zero attached hydrogens (tertiary/aromatic N) is 3. The molecule has 1 aliphatic heterocycles. The first-order chi connectivity index (χ1) is 9.93. The van der Waals surface area contributed by atoms with Crippen molar-refractivity contribution in [2.24, 2.45) is 0 Å². The normalized spacial score (nSPS) is 21.6. The molecule has 2 unspecified atom stereocenters. The van der Waals surface area contributed by atoms with Crippen molar-refractivity contribution in [2.75, 3.05) is 12.8 Å². The number of thioether (sulfide) groups is 1. The first kappa shape index (κ1) is 16.1. The van der Waals surface area contributed by atoms with Gasteiger partial charge in [0.05, 0.1) is 22.6 Å². The molecule has 0 bridgehead atoms. The lowest BCUT2D eigenvalue weighted by Crippen LogP contribution is -2.50. The number of rotatable bonds is 4. The highest BCUT2D eigenvalue weighted by Crippen LogP contribution is 2.32. The number of urea groups is 1. The lowest BCUT2D eigenvalue weighted by atomic mass is 10.2. The summed E-state index contributed by atoms with van der Waals surface area (Å²) in [6.45, 7) is 4.28. The zero-order chi connectivity index (χ0) is 15.6. The highest BCUT2D eigenvalue weighted by molar-refractivity contribution is 8.00. The van der Waals surface area contributed by atoms with Gasteiger partial charge in [0, 0.05) is 18.2 Å². The number of carbonyl (C=O) groups is 2. The van der Waals surface area contributed by atoms with Crippen LogP contribution in [0.3, 0.4) is 0 Å². The van der Waals surface area contributed by atoms with Crippen LogP contribution in [0.1, 0.15) is 24.0 Å². The molecule has 2 rings (SSSR count). The van der Waals surface area contributed by atoms with Crippen LogP contribution in [0.15, 0.2) is 5.38 Å². The molecule has 1 N–H and O–H groups in total. The van der Waals surface area contributed by atoms with E-state index in [9.17, 15) is 14.7 Å². The predicted molar refractivity (Wildman–Crippen MR) is 83.5 cm³/mol. The fraction of sp³-hybridized carbons (Fsp3) is 0.615. The van der Waals surface area contributed by atoms with Gasteiger partial charge in [-0.1, -0.05) is 6.92 Å². The van der Waals surface area contributed by atoms with Crippen LogP contribution in [0.2, 0.25) is 0 Å². The van der Waals surface area contributed by atoms with Gasteiger partial charge in [0.15, 0.2) is 0 Å². The molecule has 0 aliphatic carbocycles. The molecule has 8 heteroatoms. The standard InChI is InChI=1S/C13H19N3O3S2/c1-4-11-16(10(7-21-11)12(17)18)13(19)15(3)5-9-6-20-8(2)14-9/h6,10-11H,4-5,7H2,1-3H3,(H,17,18). The molecule has 0 spiro atoms. The quantitative estimate of drug-likeness (QED) is 0.917. The Morgan fingerprint density at radius 3 is 2.81 bits per heavy atom. The van der Waals surface area contributed by atoms with Crippen LogP contribution in [0.25, 0.3) is 0 Å². The number of aromatic nitrogens is 1. The summed E-state index contributed by atoms with van der Waals surface area (Å²) in [5.41, 5.74) is 0.833. The largest absolute Gasteiger partial charge is 0.480 e. The number of amides is 2. The maximum absolute atomic E-state index is 12.6. The van der Waals surface area contributed by atoms with E-state index in [2.05, 4.69) is 4.98 Å². The molecule has 116 valence electrons. The summed E-state index contributed by atoms with van der Waals surface area (Å²) < 4.78 is 0. The molecular weight excluding hydrogens is 310 g/mol. The number of hydrogen-bond acceptors (Lipinski definition) is 5. The maximum Gasteiger partial charge on any atom is 0.327 e. The van der Waals surface area contributed by atoms with E-state index >= 15 is 0 Å². The second-order valence-electron chi connectivity index (χ2n) is 4.95. The Kier molecular flexibility index (Phi) is 5.10. The average molecular weight is 329 g/mol. The van der Waals surface area contributed by atoms with E-state index in [0.29, 0.717) is 12.3 Å². The third kappa shape index (κ3) is 3.49. The van der Waals surface area contributed by atoms with Gasteiger partial charge in [0.25, 0.3) is 0 Å². The summed E-state index contributed by atoms with van der Waals surface area (Å²) in [5.74, 6) is -0.492. The van der Waals surface area contributed by atoms with Gasteiger partial charge in [0.2, 0.25) is 0 Å². The SMILES string of the molecule is CCC1SCC(C(=O)O)N1C(=O)N(C)Cc1csc(C)n1. The van der Waals surface area contributed by atoms with Crippen molar-refractivity contribution < 1.29 is 14.7 Å². The Labute approximate surface area is 132 Å². The minimum absolute atomic E-state index is 0.0711. The molecule has 6 nitrogen and oxygen atoms in total. The third-order valence-corrected chi connectivity index (χ3v) is 5.62. The number of carboxylic acid groups (broad SMARTS) is 1. The first-order valence-corrected chi connectivity index (χ1v) is 8.65. The van der Waals surface area contributed by atoms with Crippen molar-refractivity contribution >= 4 is 35.1 Å². The monoisotopic (exact) mass is 329 g/mol. The van der Waals surface area contributed by atoms with Gasteiger partial charge in [-0.05, 0) is 13.3 Å². The maximum atomic E-state index is 12.6. The van der Waals surface area contributed by atoms with Gasteiger partial charge in [-0.15, -0.1) is 23.1 Å². The van der Waals surface area contributed by atoms with E-state index < -0.39 is 12.0 Å². The molecule has 1 aliphatic rings. The van der Waals surface area contributed by atoms with E-state index in [-0.39, 0.29) is 11.4 Å². The van der Waals surface area contributed by atoms with Gasteiger partial charge in [-0.2, -0.15) is 0 Å². The molecule has 1 aromatic rings. The highest BCUT2D eigenvalue weighted by Gasteiger charge is 2.41. The number of carboxylic acids is 1. The molecule has 2 atom stereocenters. The Morgan fingerprint density at radius 1 is 1.57 bits per heavy atom. The second kappa shape index (κ2) is 6.65. The van der Waals surface area contributed by atoms with Gasteiger partial charge < -0.3 is 10.0 Å². The van der Waals surface area contributed by atoms with Gasteiger partial charge in [0.1, 0.15) is 6.04 Å². The van der Waals surface area contributed by atoms with E-state index in [1.807, 2.05) is 19.2 Å². The zero-order valence-corrected chi connectivity index (χ0v) is 13.9. The summed E-state index contributed by atoms with van der Waals surface area (Å²) in [6.07, 6.45) is 0.740. The smallest absolute Gasteiger partial charge is 0.327 e. The van der Waals surface area contributed by atoms with Crippen molar-refractivity contribution in [1.82, 2.24) is 14.8 Å². The molecule has 0 aromatic carbocycles. The molecule has 2 amide bonds. The van der Waals surface area contributed by atoms with Crippen LogP contribution in [-0.4, -0.2) is 56.1 Å². The summed E-state index contributed by atoms with van der Waals surface area (Å²) >= 11 is 3.07. The van der Waals surface area contributed by atoms with Crippen molar-refractivity contribution in [3.05, 3.63) is 16.1 Å². The Bertz CT molecular complexity index is 534. The summed E-state index contributed by atoms with van der Waals surface area (Å²) in [6, 6.07) is -0.989. The Hall–Kier alpha value is -1.28. The van der Waals surface area contributed by atoms with Crippen LogP contribution in [0.5, 0.6) is 0 Å². The van der Waals surface area contributed by atoms with Crippen molar-refractivity contribution in [2.45, 2.75) is 38.2 Å². The number of aryl methyl sites for hydroxylation is 1. The Balaban J connectivity index is 2.10. The first-order valence-electron chi connectivity index (χ1n) is 6.72. The minimum atomic E-state index is -0.940. The number of aliphatic carboxylic acids is 1. The topological polar surface area (TPSA) is 73.7 Å². The minimum Gasteiger partial charge on any atom is -0.480 e. The molecular formula is C13H19N3O3S2. The van der Waals surface area contributed by atoms with Crippen LogP contribution < -0.4 is 0 Å². The van der Waals surface area contributed by atoms with Gasteiger partial charge >= 0.3 is 12.0 Å². The molecule has 21 heavy (non-hydrogen) atoms. The summed E-state index contributed by atoms with van der Waals surface area (Å²) in [7, 11) is 1.69. The van der Waals surface area contributed by atoms with Crippen LogP contribution in [0.4, 0.5) is 4.79 Å². The van der Waals surface area contributed by atoms with Crippen LogP contribution >= 0.6 is 23.1 Å². The molecule has 1 aromatic heterocycles. The number of thiazole rings is 1. The number of hydrogen-bond donors (Lipinski definition) is 1. The molecule has 1 fully saturated rings. The third-order valence-electron chi connectivity index (χ3n) is 3.34. The molecule has 2 heterocycles. The molecule has 0 radical (unpaired) electrons. The fourth-order valence-corrected chi connectivity index (χ4v) is 4.26. The summed E-state index contributed by atoms with van der Waals surface area (Å²) in [5, 5.41) is 12.1. The number of carbonyl (C=O) groups excluding carboxylic acids is 1. The van der Waals surface area contributed by atoms with Gasteiger partial charge in [-0.3, -0.25) is 4.90 Å². The molecule has 0 saturated carbocycles. The lowest BCUT2D eigenvalue weighted by Gasteiger charge is -2.30. The van der Waals surface area contributed by atoms with E-state index in [1.165, 1.54) is 28.0 Å². The zero-order valence-electron chi connectivity index (χ0n) is 12.3. The van der Waals surface area contributed by atoms with E-state index in [0.717, 1.165) is 17.1 Å². The van der Waals surface area contributed by atoms with Crippen molar-refractivity contribution in [3.8, 4) is 0 Å². The molecule has 1 saturated heterocycles. The fourth-order valence-electron chi connectivity index (χ4n) is 2.31. The Morgan fingerprint density at radius 2 is 2.29 bits per heavy atom. The van der Waals surface area contributed by atoms with Crippen LogP contribution in [-0.2, 0) is 11.3 Å². The predicted octanol–water partition coefficient (Wildman–Crippen LogP) is 2.24. The lowest BCUT2D eigenvalue weighted by molar-refractivity contribution is -0.141. The van der Waals surface area contributed by atoms with Crippen molar-refractivity contribution in [3.63, 3.8) is 0 Å². The van der Waals surface area contributed by atoms with Crippen LogP contribution in [0, 0.1) is 6.92 Å². The highest BCUT2D eigenvalue weighted by atomic mass is 32.2. The average Bonchev–Trinajstić information content (AvgIpc) is 3.03. The van der Waals surface area contributed by atoms with Gasteiger partial charge in [-0.25, -0.2) is 14.6 Å².